The molecule has 0 radical (unpaired) electrons. The van der Waals surface area contributed by atoms with E-state index in [1.54, 1.807) is 0 Å². The second-order valence-electron chi connectivity index (χ2n) is 5.69. The van der Waals surface area contributed by atoms with E-state index < -0.39 is 0 Å². The third-order valence-corrected chi connectivity index (χ3v) is 3.36. The molecule has 1 unspecified atom stereocenters. The first kappa shape index (κ1) is 11.4. The van der Waals surface area contributed by atoms with Gasteiger partial charge >= 0.3 is 0 Å². The van der Waals surface area contributed by atoms with Crippen LogP contribution in [0, 0.1) is 5.41 Å². The number of rotatable bonds is 3. The molecule has 0 amide bonds. The summed E-state index contributed by atoms with van der Waals surface area (Å²) in [6, 6.07) is 8.73. The minimum absolute atomic E-state index is 0.284. The van der Waals surface area contributed by atoms with Gasteiger partial charge in [-0.25, -0.2) is 0 Å². The van der Waals surface area contributed by atoms with Gasteiger partial charge < -0.3 is 4.90 Å². The number of hydrogen-bond acceptors (Lipinski definition) is 1. The van der Waals surface area contributed by atoms with Crippen molar-refractivity contribution in [1.29, 1.82) is 0 Å². The number of fused-ring (bicyclic) bond motifs is 1. The summed E-state index contributed by atoms with van der Waals surface area (Å²) in [6.07, 6.45) is 4.62. The van der Waals surface area contributed by atoms with Crippen molar-refractivity contribution in [2.75, 3.05) is 20.6 Å². The number of nitrogens with zero attached hydrogens (tertiary/aromatic N) is 1. The highest BCUT2D eigenvalue weighted by molar-refractivity contribution is 5.62. The van der Waals surface area contributed by atoms with Crippen molar-refractivity contribution in [2.45, 2.75) is 19.8 Å². The lowest BCUT2D eigenvalue weighted by atomic mass is 9.76. The van der Waals surface area contributed by atoms with E-state index in [0.717, 1.165) is 6.54 Å². The fraction of sp³-hybridized carbons (Fsp3) is 0.467. The topological polar surface area (TPSA) is 3.24 Å². The van der Waals surface area contributed by atoms with Gasteiger partial charge in [0, 0.05) is 12.5 Å². The van der Waals surface area contributed by atoms with Crippen molar-refractivity contribution in [3.05, 3.63) is 41.5 Å². The molecule has 1 nitrogen and oxygen atoms in total. The molecule has 0 fully saturated rings. The molecule has 1 heteroatoms. The Hall–Kier alpha value is -1.08. The lowest BCUT2D eigenvalue weighted by Gasteiger charge is -2.34. The molecule has 0 aliphatic heterocycles. The molecule has 1 aliphatic rings. The van der Waals surface area contributed by atoms with Crippen LogP contribution in [0.1, 0.15) is 30.9 Å². The zero-order valence-corrected chi connectivity index (χ0v) is 10.7. The van der Waals surface area contributed by atoms with Gasteiger partial charge in [0.15, 0.2) is 0 Å². The highest BCUT2D eigenvalue weighted by Gasteiger charge is 2.32. The minimum atomic E-state index is 0.284. The molecule has 1 aromatic carbocycles. The molecule has 1 aromatic rings. The molecule has 2 rings (SSSR count). The van der Waals surface area contributed by atoms with E-state index in [4.69, 9.17) is 0 Å². The number of allylic oxidation sites excluding steroid dienone is 1. The summed E-state index contributed by atoms with van der Waals surface area (Å²) in [7, 11) is 4.29. The van der Waals surface area contributed by atoms with Crippen LogP contribution in [0.4, 0.5) is 0 Å². The summed E-state index contributed by atoms with van der Waals surface area (Å²) in [5, 5.41) is 0. The van der Waals surface area contributed by atoms with Crippen LogP contribution in [0.5, 0.6) is 0 Å². The predicted molar refractivity (Wildman–Crippen MR) is 70.6 cm³/mol. The van der Waals surface area contributed by atoms with E-state index in [9.17, 15) is 0 Å². The van der Waals surface area contributed by atoms with Gasteiger partial charge in [-0.2, -0.15) is 0 Å². The fourth-order valence-corrected chi connectivity index (χ4v) is 2.84. The first-order chi connectivity index (χ1) is 7.50. The third kappa shape index (κ3) is 2.05. The highest BCUT2D eigenvalue weighted by Crippen LogP contribution is 2.42. The number of hydrogen-bond donors (Lipinski definition) is 0. The van der Waals surface area contributed by atoms with E-state index in [1.165, 1.54) is 11.1 Å². The zero-order chi connectivity index (χ0) is 11.8. The molecule has 0 bridgehead atoms. The van der Waals surface area contributed by atoms with Crippen molar-refractivity contribution in [1.82, 2.24) is 4.90 Å². The third-order valence-electron chi connectivity index (χ3n) is 3.36. The highest BCUT2D eigenvalue weighted by atomic mass is 15.1. The smallest absolute Gasteiger partial charge is 0.00906 e. The predicted octanol–water partition coefficient (Wildman–Crippen LogP) is 3.38. The van der Waals surface area contributed by atoms with Crippen LogP contribution in [0.25, 0.3) is 6.08 Å². The Balaban J connectivity index is 2.28. The summed E-state index contributed by atoms with van der Waals surface area (Å²) in [5.41, 5.74) is 3.15. The quantitative estimate of drug-likeness (QED) is 0.747. The maximum Gasteiger partial charge on any atom is 0.00906 e. The van der Waals surface area contributed by atoms with Crippen LogP contribution in [0.2, 0.25) is 0 Å². The van der Waals surface area contributed by atoms with E-state index >= 15 is 0 Å². The van der Waals surface area contributed by atoms with E-state index in [-0.39, 0.29) is 5.41 Å². The summed E-state index contributed by atoms with van der Waals surface area (Å²) >= 11 is 0. The maximum atomic E-state index is 2.36. The number of benzene rings is 1. The monoisotopic (exact) mass is 215 g/mol. The van der Waals surface area contributed by atoms with Gasteiger partial charge in [0.25, 0.3) is 0 Å². The maximum absolute atomic E-state index is 2.36. The van der Waals surface area contributed by atoms with E-state index in [1.807, 2.05) is 0 Å². The van der Waals surface area contributed by atoms with Gasteiger partial charge in [0.05, 0.1) is 0 Å². The Morgan fingerprint density at radius 2 is 1.88 bits per heavy atom. The Morgan fingerprint density at radius 1 is 1.19 bits per heavy atom. The fourth-order valence-electron chi connectivity index (χ4n) is 2.84. The van der Waals surface area contributed by atoms with Crippen LogP contribution in [-0.2, 0) is 0 Å². The van der Waals surface area contributed by atoms with Gasteiger partial charge in [-0.3, -0.25) is 0 Å². The molecular weight excluding hydrogens is 194 g/mol. The largest absolute Gasteiger partial charge is 0.309 e. The first-order valence-electron chi connectivity index (χ1n) is 5.92. The van der Waals surface area contributed by atoms with Crippen LogP contribution < -0.4 is 0 Å². The SMILES string of the molecule is CN(C)CC(C)(C)C1C=Cc2ccccc21. The van der Waals surface area contributed by atoms with Gasteiger partial charge in [-0.05, 0) is 30.6 Å². The summed E-state index contributed by atoms with van der Waals surface area (Å²) in [5.74, 6) is 0.547. The summed E-state index contributed by atoms with van der Waals surface area (Å²) < 4.78 is 0. The minimum Gasteiger partial charge on any atom is -0.309 e. The van der Waals surface area contributed by atoms with Crippen LogP contribution in [0.3, 0.4) is 0 Å². The Bertz CT molecular complexity index is 402. The molecule has 0 saturated heterocycles. The average Bonchev–Trinajstić information content (AvgIpc) is 2.59. The first-order valence-corrected chi connectivity index (χ1v) is 5.92. The molecule has 0 heterocycles. The molecule has 86 valence electrons. The molecule has 0 aromatic heterocycles. The summed E-state index contributed by atoms with van der Waals surface area (Å²) in [6.45, 7) is 5.81. The van der Waals surface area contributed by atoms with Crippen molar-refractivity contribution in [3.8, 4) is 0 Å². The molecule has 16 heavy (non-hydrogen) atoms. The van der Waals surface area contributed by atoms with Crippen LogP contribution >= 0.6 is 0 Å². The van der Waals surface area contributed by atoms with Gasteiger partial charge in [-0.1, -0.05) is 50.3 Å². The molecule has 0 spiro atoms. The van der Waals surface area contributed by atoms with Gasteiger partial charge in [0.1, 0.15) is 0 Å². The normalized spacial score (nSPS) is 19.2. The lowest BCUT2D eigenvalue weighted by Crippen LogP contribution is -2.32. The zero-order valence-electron chi connectivity index (χ0n) is 10.7. The summed E-state index contributed by atoms with van der Waals surface area (Å²) in [4.78, 5) is 2.27. The Morgan fingerprint density at radius 3 is 2.56 bits per heavy atom. The lowest BCUT2D eigenvalue weighted by molar-refractivity contribution is 0.220. The van der Waals surface area contributed by atoms with E-state index in [0.29, 0.717) is 5.92 Å². The molecule has 1 aliphatic carbocycles. The van der Waals surface area contributed by atoms with Gasteiger partial charge in [-0.15, -0.1) is 0 Å². The second-order valence-corrected chi connectivity index (χ2v) is 5.69. The average molecular weight is 215 g/mol. The molecular formula is C15H21N. The van der Waals surface area contributed by atoms with E-state index in [2.05, 4.69) is 69.3 Å². The molecule has 1 atom stereocenters. The van der Waals surface area contributed by atoms with Crippen molar-refractivity contribution in [3.63, 3.8) is 0 Å². The van der Waals surface area contributed by atoms with Crippen molar-refractivity contribution < 1.29 is 0 Å². The standard InChI is InChI=1S/C15H21N/c1-15(2,11-16(3)4)14-10-9-12-7-5-6-8-13(12)14/h5-10,14H,11H2,1-4H3. The molecule has 0 saturated carbocycles. The van der Waals surface area contributed by atoms with Crippen molar-refractivity contribution >= 4 is 6.08 Å². The Kier molecular flexibility index (Phi) is 2.90. The second kappa shape index (κ2) is 4.06. The Labute approximate surface area is 98.8 Å². The van der Waals surface area contributed by atoms with Crippen LogP contribution in [-0.4, -0.2) is 25.5 Å². The van der Waals surface area contributed by atoms with Gasteiger partial charge in [0.2, 0.25) is 0 Å². The molecule has 0 N–H and O–H groups in total. The van der Waals surface area contributed by atoms with Crippen LogP contribution in [0.15, 0.2) is 30.3 Å². The van der Waals surface area contributed by atoms with Crippen molar-refractivity contribution in [2.24, 2.45) is 5.41 Å².